The molecule has 4 nitrogen and oxygen atoms in total. The van der Waals surface area contributed by atoms with E-state index in [1.54, 1.807) is 6.07 Å². The molecule has 0 saturated heterocycles. The minimum atomic E-state index is -4.74. The number of hydrogen-bond donors (Lipinski definition) is 1. The lowest BCUT2D eigenvalue weighted by Crippen LogP contribution is -2.17. The maximum atomic E-state index is 12.1. The Balaban J connectivity index is 2.03. The van der Waals surface area contributed by atoms with Gasteiger partial charge in [-0.3, -0.25) is 0 Å². The van der Waals surface area contributed by atoms with Crippen LogP contribution in [0.1, 0.15) is 11.3 Å². The van der Waals surface area contributed by atoms with Gasteiger partial charge in [0.05, 0.1) is 10.7 Å². The molecule has 21 heavy (non-hydrogen) atoms. The molecule has 2 rings (SSSR count). The molecule has 2 aromatic rings. The van der Waals surface area contributed by atoms with Crippen LogP contribution in [0.2, 0.25) is 0 Å². The first kappa shape index (κ1) is 15.7. The second-order valence-corrected chi connectivity index (χ2v) is 4.86. The van der Waals surface area contributed by atoms with Crippen LogP contribution in [0.5, 0.6) is 11.5 Å². The highest BCUT2D eigenvalue weighted by Crippen LogP contribution is 2.33. The lowest BCUT2D eigenvalue weighted by Gasteiger charge is -2.12. The SMILES string of the molecule is NCc1ccoc1COc1ccc(OC(F)(F)F)c(Br)c1. The molecule has 0 fully saturated rings. The zero-order valence-corrected chi connectivity index (χ0v) is 12.2. The van der Waals surface area contributed by atoms with E-state index in [1.165, 1.54) is 24.5 Å². The molecule has 0 aliphatic heterocycles. The molecular formula is C13H11BrF3NO3. The van der Waals surface area contributed by atoms with E-state index < -0.39 is 6.36 Å². The minimum Gasteiger partial charge on any atom is -0.486 e. The van der Waals surface area contributed by atoms with Gasteiger partial charge < -0.3 is 19.6 Å². The van der Waals surface area contributed by atoms with E-state index in [0.717, 1.165) is 5.56 Å². The smallest absolute Gasteiger partial charge is 0.486 e. The van der Waals surface area contributed by atoms with Crippen LogP contribution in [0.15, 0.2) is 39.4 Å². The second-order valence-electron chi connectivity index (χ2n) is 4.00. The highest BCUT2D eigenvalue weighted by Gasteiger charge is 2.32. The number of ether oxygens (including phenoxy) is 2. The topological polar surface area (TPSA) is 57.6 Å². The Kier molecular flexibility index (Phi) is 4.79. The van der Waals surface area contributed by atoms with Crippen molar-refractivity contribution in [2.75, 3.05) is 0 Å². The van der Waals surface area contributed by atoms with Gasteiger partial charge in [-0.15, -0.1) is 13.2 Å². The third-order valence-electron chi connectivity index (χ3n) is 2.56. The fourth-order valence-corrected chi connectivity index (χ4v) is 2.04. The van der Waals surface area contributed by atoms with Crippen LogP contribution >= 0.6 is 15.9 Å². The molecule has 114 valence electrons. The highest BCUT2D eigenvalue weighted by molar-refractivity contribution is 9.10. The van der Waals surface area contributed by atoms with Gasteiger partial charge in [0.25, 0.3) is 0 Å². The Labute approximate surface area is 126 Å². The van der Waals surface area contributed by atoms with Gasteiger partial charge in [0.2, 0.25) is 0 Å². The second kappa shape index (κ2) is 6.40. The molecule has 0 saturated carbocycles. The van der Waals surface area contributed by atoms with Gasteiger partial charge in [0.15, 0.2) is 0 Å². The molecule has 1 aromatic heterocycles. The summed E-state index contributed by atoms with van der Waals surface area (Å²) in [5.41, 5.74) is 6.33. The van der Waals surface area contributed by atoms with E-state index in [-0.39, 0.29) is 16.8 Å². The number of furan rings is 1. The van der Waals surface area contributed by atoms with Gasteiger partial charge in [-0.2, -0.15) is 0 Å². The van der Waals surface area contributed by atoms with E-state index >= 15 is 0 Å². The van der Waals surface area contributed by atoms with Crippen LogP contribution in [-0.4, -0.2) is 6.36 Å². The number of halogens is 4. The summed E-state index contributed by atoms with van der Waals surface area (Å²) >= 11 is 3.00. The van der Waals surface area contributed by atoms with Gasteiger partial charge in [0.1, 0.15) is 23.9 Å². The zero-order chi connectivity index (χ0) is 15.5. The highest BCUT2D eigenvalue weighted by atomic mass is 79.9. The van der Waals surface area contributed by atoms with Crippen molar-refractivity contribution in [2.24, 2.45) is 5.73 Å². The van der Waals surface area contributed by atoms with Crippen molar-refractivity contribution < 1.29 is 27.1 Å². The molecule has 8 heteroatoms. The Morgan fingerprint density at radius 3 is 2.62 bits per heavy atom. The van der Waals surface area contributed by atoms with Gasteiger partial charge in [0, 0.05) is 12.1 Å². The average molecular weight is 366 g/mol. The van der Waals surface area contributed by atoms with Crippen LogP contribution in [0.25, 0.3) is 0 Å². The fraction of sp³-hybridized carbons (Fsp3) is 0.231. The number of benzene rings is 1. The first-order valence-corrected chi connectivity index (χ1v) is 6.62. The summed E-state index contributed by atoms with van der Waals surface area (Å²) in [7, 11) is 0. The van der Waals surface area contributed by atoms with Crippen molar-refractivity contribution in [3.05, 3.63) is 46.3 Å². The quantitative estimate of drug-likeness (QED) is 0.870. The standard InChI is InChI=1S/C13H11BrF3NO3/c14-10-5-9(1-2-11(10)21-13(15,16)17)20-7-12-8(6-18)3-4-19-12/h1-5H,6-7,18H2. The van der Waals surface area contributed by atoms with Crippen molar-refractivity contribution in [1.82, 2.24) is 0 Å². The molecule has 0 bridgehead atoms. The largest absolute Gasteiger partial charge is 0.573 e. The number of hydrogen-bond acceptors (Lipinski definition) is 4. The van der Waals surface area contributed by atoms with Gasteiger partial charge in [-0.1, -0.05) is 0 Å². The molecule has 0 radical (unpaired) electrons. The Morgan fingerprint density at radius 2 is 2.00 bits per heavy atom. The summed E-state index contributed by atoms with van der Waals surface area (Å²) in [5.74, 6) is 0.607. The lowest BCUT2D eigenvalue weighted by atomic mass is 10.2. The van der Waals surface area contributed by atoms with Crippen LogP contribution in [-0.2, 0) is 13.2 Å². The molecule has 2 N–H and O–H groups in total. The van der Waals surface area contributed by atoms with Gasteiger partial charge in [-0.05, 0) is 40.2 Å². The average Bonchev–Trinajstić information content (AvgIpc) is 2.85. The predicted octanol–water partition coefficient (Wildman–Crippen LogP) is 3.98. The summed E-state index contributed by atoms with van der Waals surface area (Å²) in [5, 5.41) is 0. The summed E-state index contributed by atoms with van der Waals surface area (Å²) < 4.78 is 51.0. The summed E-state index contributed by atoms with van der Waals surface area (Å²) in [4.78, 5) is 0. The normalized spacial score (nSPS) is 11.5. The molecule has 0 atom stereocenters. The zero-order valence-electron chi connectivity index (χ0n) is 10.6. The van der Waals surface area contributed by atoms with Crippen molar-refractivity contribution in [3.8, 4) is 11.5 Å². The van der Waals surface area contributed by atoms with E-state index in [4.69, 9.17) is 14.9 Å². The molecule has 0 amide bonds. The number of alkyl halides is 3. The van der Waals surface area contributed by atoms with Crippen LogP contribution in [0.3, 0.4) is 0 Å². The molecule has 0 spiro atoms. The van der Waals surface area contributed by atoms with E-state index in [0.29, 0.717) is 18.1 Å². The first-order chi connectivity index (χ1) is 9.89. The maximum absolute atomic E-state index is 12.1. The monoisotopic (exact) mass is 365 g/mol. The third kappa shape index (κ3) is 4.40. The molecular weight excluding hydrogens is 355 g/mol. The molecule has 1 heterocycles. The maximum Gasteiger partial charge on any atom is 0.573 e. The van der Waals surface area contributed by atoms with Crippen molar-refractivity contribution >= 4 is 15.9 Å². The Bertz CT molecular complexity index is 613. The van der Waals surface area contributed by atoms with Crippen LogP contribution in [0.4, 0.5) is 13.2 Å². The van der Waals surface area contributed by atoms with E-state index in [1.807, 2.05) is 0 Å². The molecule has 0 aliphatic rings. The third-order valence-corrected chi connectivity index (χ3v) is 3.18. The van der Waals surface area contributed by atoms with Crippen molar-refractivity contribution in [3.63, 3.8) is 0 Å². The van der Waals surface area contributed by atoms with E-state index in [2.05, 4.69) is 20.7 Å². The van der Waals surface area contributed by atoms with Gasteiger partial charge >= 0.3 is 6.36 Å². The predicted molar refractivity (Wildman–Crippen MR) is 71.8 cm³/mol. The van der Waals surface area contributed by atoms with Crippen LogP contribution in [0, 0.1) is 0 Å². The number of rotatable bonds is 5. The van der Waals surface area contributed by atoms with Gasteiger partial charge in [-0.25, -0.2) is 0 Å². The van der Waals surface area contributed by atoms with E-state index in [9.17, 15) is 13.2 Å². The Morgan fingerprint density at radius 1 is 1.24 bits per heavy atom. The summed E-state index contributed by atoms with van der Waals surface area (Å²) in [6.07, 6.45) is -3.24. The fourth-order valence-electron chi connectivity index (χ4n) is 1.60. The lowest BCUT2D eigenvalue weighted by molar-refractivity contribution is -0.274. The summed E-state index contributed by atoms with van der Waals surface area (Å²) in [6.45, 7) is 0.447. The number of nitrogens with two attached hydrogens (primary N) is 1. The molecule has 0 unspecified atom stereocenters. The van der Waals surface area contributed by atoms with Crippen molar-refractivity contribution in [1.29, 1.82) is 0 Å². The first-order valence-electron chi connectivity index (χ1n) is 5.82. The minimum absolute atomic E-state index is 0.130. The van der Waals surface area contributed by atoms with Crippen LogP contribution < -0.4 is 15.2 Å². The Hall–Kier alpha value is -1.67. The summed E-state index contributed by atoms with van der Waals surface area (Å²) in [6, 6.07) is 5.65. The van der Waals surface area contributed by atoms with Crippen molar-refractivity contribution in [2.45, 2.75) is 19.5 Å². The molecule has 1 aromatic carbocycles. The molecule has 0 aliphatic carbocycles.